The fourth-order valence-electron chi connectivity index (χ4n) is 1.68. The molecule has 1 aromatic carbocycles. The largest absolute Gasteiger partial charge is 0.493 e. The first-order valence-corrected chi connectivity index (χ1v) is 6.54. The van der Waals surface area contributed by atoms with Crippen LogP contribution in [0.2, 0.25) is 0 Å². The minimum atomic E-state index is -0.949. The van der Waals surface area contributed by atoms with Crippen molar-refractivity contribution < 1.29 is 14.6 Å². The summed E-state index contributed by atoms with van der Waals surface area (Å²) in [4.78, 5) is 11.1. The minimum Gasteiger partial charge on any atom is -0.493 e. The van der Waals surface area contributed by atoms with E-state index < -0.39 is 11.5 Å². The highest BCUT2D eigenvalue weighted by atomic mass is 16.5. The zero-order valence-electron chi connectivity index (χ0n) is 12.1. The van der Waals surface area contributed by atoms with Gasteiger partial charge in [0.05, 0.1) is 6.61 Å². The van der Waals surface area contributed by atoms with Crippen molar-refractivity contribution in [2.75, 3.05) is 13.7 Å². The Morgan fingerprint density at radius 3 is 2.68 bits per heavy atom. The number of likely N-dealkylation sites (N-methyl/N-ethyl adjacent to an activating group) is 1. The lowest BCUT2D eigenvalue weighted by molar-refractivity contribution is -0.144. The molecule has 0 heterocycles. The second kappa shape index (κ2) is 6.57. The van der Waals surface area contributed by atoms with Crippen LogP contribution >= 0.6 is 0 Å². The predicted octanol–water partition coefficient (Wildman–Crippen LogP) is 2.64. The van der Waals surface area contributed by atoms with Gasteiger partial charge in [-0.2, -0.15) is 0 Å². The summed E-state index contributed by atoms with van der Waals surface area (Å²) in [5.74, 6) is 0.370. The molecule has 0 aliphatic rings. The normalized spacial score (nSPS) is 14.2. The molecule has 0 fully saturated rings. The standard InChI is InChI=1S/C15H23NO3/c1-11(2)12-6-5-7-13(10-12)19-9-8-15(3,16-4)14(17)18/h5-7,10-11,16H,8-9H2,1-4H3,(H,17,18). The molecule has 19 heavy (non-hydrogen) atoms. The van der Waals surface area contributed by atoms with Crippen molar-refractivity contribution >= 4 is 5.97 Å². The number of benzene rings is 1. The molecule has 0 saturated carbocycles. The highest BCUT2D eigenvalue weighted by molar-refractivity contribution is 5.78. The first kappa shape index (κ1) is 15.5. The Morgan fingerprint density at radius 1 is 1.47 bits per heavy atom. The Morgan fingerprint density at radius 2 is 2.16 bits per heavy atom. The summed E-state index contributed by atoms with van der Waals surface area (Å²) >= 11 is 0. The van der Waals surface area contributed by atoms with E-state index in [0.717, 1.165) is 5.75 Å². The van der Waals surface area contributed by atoms with Gasteiger partial charge in [-0.3, -0.25) is 4.79 Å². The molecule has 0 saturated heterocycles. The fourth-order valence-corrected chi connectivity index (χ4v) is 1.68. The SMILES string of the molecule is CNC(C)(CCOc1cccc(C(C)C)c1)C(=O)O. The summed E-state index contributed by atoms with van der Waals surface area (Å²) in [6, 6.07) is 7.91. The summed E-state index contributed by atoms with van der Waals surface area (Å²) in [7, 11) is 1.65. The number of carboxylic acid groups (broad SMARTS) is 1. The Balaban J connectivity index is 2.58. The molecule has 0 amide bonds. The van der Waals surface area contributed by atoms with Gasteiger partial charge in [0.2, 0.25) is 0 Å². The Kier molecular flexibility index (Phi) is 5.36. The van der Waals surface area contributed by atoms with Crippen LogP contribution in [-0.2, 0) is 4.79 Å². The van der Waals surface area contributed by atoms with Crippen molar-refractivity contribution in [1.82, 2.24) is 5.32 Å². The van der Waals surface area contributed by atoms with Crippen molar-refractivity contribution in [3.63, 3.8) is 0 Å². The average Bonchev–Trinajstić information content (AvgIpc) is 2.38. The molecule has 0 spiro atoms. The monoisotopic (exact) mass is 265 g/mol. The molecule has 4 heteroatoms. The molecule has 0 aliphatic heterocycles. The number of ether oxygens (including phenoxy) is 1. The number of carbonyl (C=O) groups is 1. The van der Waals surface area contributed by atoms with Crippen LogP contribution in [0.3, 0.4) is 0 Å². The summed E-state index contributed by atoms with van der Waals surface area (Å²) in [5, 5.41) is 11.9. The molecule has 0 bridgehead atoms. The van der Waals surface area contributed by atoms with Gasteiger partial charge in [-0.25, -0.2) is 0 Å². The molecule has 0 aromatic heterocycles. The number of rotatable bonds is 7. The van der Waals surface area contributed by atoms with Crippen LogP contribution in [0.4, 0.5) is 0 Å². The van der Waals surface area contributed by atoms with E-state index in [2.05, 4.69) is 25.2 Å². The molecule has 0 radical (unpaired) electrons. The van der Waals surface area contributed by atoms with E-state index in [1.54, 1.807) is 14.0 Å². The summed E-state index contributed by atoms with van der Waals surface area (Å²) in [6.45, 7) is 6.28. The zero-order chi connectivity index (χ0) is 14.5. The lowest BCUT2D eigenvalue weighted by Gasteiger charge is -2.24. The topological polar surface area (TPSA) is 58.6 Å². The van der Waals surface area contributed by atoms with Gasteiger partial charge in [-0.15, -0.1) is 0 Å². The van der Waals surface area contributed by atoms with Gasteiger partial charge in [-0.05, 0) is 37.6 Å². The van der Waals surface area contributed by atoms with Gasteiger partial charge in [-0.1, -0.05) is 26.0 Å². The van der Waals surface area contributed by atoms with Crippen LogP contribution in [0, 0.1) is 0 Å². The first-order chi connectivity index (χ1) is 8.89. The van der Waals surface area contributed by atoms with Gasteiger partial charge in [0.1, 0.15) is 11.3 Å². The van der Waals surface area contributed by atoms with Crippen molar-refractivity contribution in [3.8, 4) is 5.75 Å². The molecule has 4 nitrogen and oxygen atoms in total. The Hall–Kier alpha value is -1.55. The average molecular weight is 265 g/mol. The maximum atomic E-state index is 11.1. The molecule has 1 unspecified atom stereocenters. The lowest BCUT2D eigenvalue weighted by Crippen LogP contribution is -2.48. The molecule has 0 aliphatic carbocycles. The van der Waals surface area contributed by atoms with Crippen LogP contribution in [-0.4, -0.2) is 30.3 Å². The second-order valence-electron chi connectivity index (χ2n) is 5.21. The van der Waals surface area contributed by atoms with Gasteiger partial charge in [0.15, 0.2) is 0 Å². The molecule has 1 aromatic rings. The Labute approximate surface area is 114 Å². The van der Waals surface area contributed by atoms with Crippen LogP contribution in [0.25, 0.3) is 0 Å². The third-order valence-electron chi connectivity index (χ3n) is 3.42. The quantitative estimate of drug-likeness (QED) is 0.795. The Bertz CT molecular complexity index is 431. The molecule has 1 rings (SSSR count). The third kappa shape index (κ3) is 4.24. The molecule has 2 N–H and O–H groups in total. The zero-order valence-corrected chi connectivity index (χ0v) is 12.1. The van der Waals surface area contributed by atoms with Crippen molar-refractivity contribution in [2.45, 2.75) is 38.6 Å². The van der Waals surface area contributed by atoms with E-state index in [0.29, 0.717) is 18.9 Å². The van der Waals surface area contributed by atoms with Crippen LogP contribution < -0.4 is 10.1 Å². The van der Waals surface area contributed by atoms with E-state index in [9.17, 15) is 4.79 Å². The van der Waals surface area contributed by atoms with Gasteiger partial charge < -0.3 is 15.2 Å². The second-order valence-corrected chi connectivity index (χ2v) is 5.21. The van der Waals surface area contributed by atoms with E-state index in [1.807, 2.05) is 18.2 Å². The number of nitrogens with one attached hydrogen (secondary N) is 1. The number of hydrogen-bond acceptors (Lipinski definition) is 3. The molecule has 1 atom stereocenters. The van der Waals surface area contributed by atoms with E-state index in [-0.39, 0.29) is 0 Å². The van der Waals surface area contributed by atoms with Gasteiger partial charge in [0, 0.05) is 6.42 Å². The summed E-state index contributed by atoms with van der Waals surface area (Å²) < 4.78 is 5.64. The number of carboxylic acids is 1. The van der Waals surface area contributed by atoms with E-state index in [1.165, 1.54) is 5.56 Å². The molecule has 106 valence electrons. The smallest absolute Gasteiger partial charge is 0.323 e. The van der Waals surface area contributed by atoms with Crippen LogP contribution in [0.1, 0.15) is 38.7 Å². The summed E-state index contributed by atoms with van der Waals surface area (Å²) in [5.41, 5.74) is 0.266. The highest BCUT2D eigenvalue weighted by Crippen LogP contribution is 2.20. The fraction of sp³-hybridized carbons (Fsp3) is 0.533. The van der Waals surface area contributed by atoms with Crippen LogP contribution in [0.15, 0.2) is 24.3 Å². The minimum absolute atomic E-state index is 0.366. The lowest BCUT2D eigenvalue weighted by atomic mass is 9.99. The van der Waals surface area contributed by atoms with E-state index >= 15 is 0 Å². The number of hydrogen-bond donors (Lipinski definition) is 2. The van der Waals surface area contributed by atoms with Crippen molar-refractivity contribution in [2.24, 2.45) is 0 Å². The predicted molar refractivity (Wildman–Crippen MR) is 75.7 cm³/mol. The van der Waals surface area contributed by atoms with E-state index in [4.69, 9.17) is 9.84 Å². The first-order valence-electron chi connectivity index (χ1n) is 6.54. The highest BCUT2D eigenvalue weighted by Gasteiger charge is 2.30. The maximum absolute atomic E-state index is 11.1. The molecular formula is C15H23NO3. The molecular weight excluding hydrogens is 242 g/mol. The van der Waals surface area contributed by atoms with Crippen molar-refractivity contribution in [1.29, 1.82) is 0 Å². The number of aliphatic carboxylic acids is 1. The summed E-state index contributed by atoms with van der Waals surface area (Å²) in [6.07, 6.45) is 0.407. The van der Waals surface area contributed by atoms with Gasteiger partial charge in [0.25, 0.3) is 0 Å². The van der Waals surface area contributed by atoms with Crippen LogP contribution in [0.5, 0.6) is 5.75 Å². The third-order valence-corrected chi connectivity index (χ3v) is 3.42. The maximum Gasteiger partial charge on any atom is 0.323 e. The van der Waals surface area contributed by atoms with Gasteiger partial charge >= 0.3 is 5.97 Å². The van der Waals surface area contributed by atoms with Crippen molar-refractivity contribution in [3.05, 3.63) is 29.8 Å².